The Morgan fingerprint density at radius 3 is 2.81 bits per heavy atom. The molecule has 0 aliphatic heterocycles. The molecule has 10 heteroatoms. The van der Waals surface area contributed by atoms with Crippen LogP contribution in [-0.4, -0.2) is 37.8 Å². The average molecular weight is 432 g/mol. The lowest BCUT2D eigenvalue weighted by molar-refractivity contribution is -0.150. The monoisotopic (exact) mass is 432 g/mol. The summed E-state index contributed by atoms with van der Waals surface area (Å²) in [6.07, 6.45) is 6.61. The molecule has 0 aliphatic carbocycles. The molecular formula is C22H24N8O2. The van der Waals surface area contributed by atoms with Crippen molar-refractivity contribution in [3.8, 4) is 11.3 Å². The largest absolute Gasteiger partial charge is 0.467 e. The first-order valence-corrected chi connectivity index (χ1v) is 9.92. The molecule has 0 aliphatic rings. The van der Waals surface area contributed by atoms with Crippen molar-refractivity contribution in [2.24, 2.45) is 5.84 Å². The zero-order valence-corrected chi connectivity index (χ0v) is 18.1. The number of methoxy groups -OCH3 is 1. The zero-order valence-electron chi connectivity index (χ0n) is 18.1. The van der Waals surface area contributed by atoms with E-state index in [0.29, 0.717) is 23.6 Å². The Kier molecular flexibility index (Phi) is 5.45. The minimum atomic E-state index is -0.970. The third-order valence-corrected chi connectivity index (χ3v) is 5.21. The van der Waals surface area contributed by atoms with Gasteiger partial charge >= 0.3 is 5.97 Å². The van der Waals surface area contributed by atoms with Gasteiger partial charge in [-0.2, -0.15) is 5.10 Å². The molecule has 3 heterocycles. The molecule has 0 saturated heterocycles. The number of benzene rings is 1. The van der Waals surface area contributed by atoms with Gasteiger partial charge in [0.25, 0.3) is 0 Å². The molecule has 0 unspecified atom stereocenters. The number of aromatic nitrogens is 5. The Labute approximate surface area is 184 Å². The van der Waals surface area contributed by atoms with E-state index in [1.165, 1.54) is 16.8 Å². The zero-order chi connectivity index (χ0) is 22.9. The van der Waals surface area contributed by atoms with Crippen LogP contribution in [0.25, 0.3) is 22.2 Å². The highest BCUT2D eigenvalue weighted by Crippen LogP contribution is 2.26. The second-order valence-corrected chi connectivity index (χ2v) is 7.85. The van der Waals surface area contributed by atoms with Gasteiger partial charge in [-0.05, 0) is 37.6 Å². The number of nitrogens with two attached hydrogens (primary N) is 2. The van der Waals surface area contributed by atoms with Crippen molar-refractivity contribution in [2.45, 2.75) is 25.9 Å². The van der Waals surface area contributed by atoms with Gasteiger partial charge in [0.15, 0.2) is 17.2 Å². The second kappa shape index (κ2) is 8.23. The van der Waals surface area contributed by atoms with Crippen molar-refractivity contribution in [2.75, 3.05) is 17.9 Å². The molecule has 1 aromatic carbocycles. The highest BCUT2D eigenvalue weighted by molar-refractivity contribution is 5.79. The number of nitrogens with zero attached hydrogens (tertiary/aromatic N) is 6. The summed E-state index contributed by atoms with van der Waals surface area (Å²) < 4.78 is 6.39. The van der Waals surface area contributed by atoms with E-state index in [4.69, 9.17) is 16.3 Å². The summed E-state index contributed by atoms with van der Waals surface area (Å²) in [4.78, 5) is 25.2. The van der Waals surface area contributed by atoms with Crippen molar-refractivity contribution >= 4 is 28.5 Å². The van der Waals surface area contributed by atoms with Crippen molar-refractivity contribution in [1.29, 1.82) is 0 Å². The molecule has 164 valence electrons. The topological polar surface area (TPSA) is 138 Å². The van der Waals surface area contributed by atoms with Crippen LogP contribution in [0.1, 0.15) is 19.4 Å². The van der Waals surface area contributed by atoms with Crippen molar-refractivity contribution < 1.29 is 9.53 Å². The Balaban J connectivity index is 1.60. The molecule has 4 rings (SSSR count). The number of esters is 1. The number of rotatable bonds is 6. The Bertz CT molecular complexity index is 1280. The fraction of sp³-hybridized carbons (Fsp3) is 0.227. The maximum atomic E-state index is 12.1. The van der Waals surface area contributed by atoms with Gasteiger partial charge in [0.2, 0.25) is 0 Å². The molecule has 0 fully saturated rings. The second-order valence-electron chi connectivity index (χ2n) is 7.85. The molecule has 4 N–H and O–H groups in total. The van der Waals surface area contributed by atoms with Gasteiger partial charge in [-0.15, -0.1) is 0 Å². The molecule has 0 spiro atoms. The van der Waals surface area contributed by atoms with Crippen LogP contribution in [0, 0.1) is 0 Å². The van der Waals surface area contributed by atoms with E-state index < -0.39 is 11.5 Å². The van der Waals surface area contributed by atoms with Gasteiger partial charge in [0, 0.05) is 23.3 Å². The van der Waals surface area contributed by atoms with Crippen LogP contribution < -0.4 is 16.6 Å². The van der Waals surface area contributed by atoms with Gasteiger partial charge in [-0.3, -0.25) is 14.7 Å². The number of nitrogen functional groups attached to an aromatic ring is 1. The van der Waals surface area contributed by atoms with Crippen LogP contribution in [0.3, 0.4) is 0 Å². The summed E-state index contributed by atoms with van der Waals surface area (Å²) in [7, 11) is 1.34. The standard InChI is InChI=1S/C22H24N8O2/c1-22(2,21(31)32-3)30-13-16(10-27-30)18-11-26-19(23)20(28-18)29(24)12-14-6-7-17-15(9-14)5-4-8-25-17/h4-11,13H,12,24H2,1-3H3,(H2,23,26). The normalized spacial score (nSPS) is 11.5. The summed E-state index contributed by atoms with van der Waals surface area (Å²) in [6.45, 7) is 3.81. The molecule has 10 nitrogen and oxygen atoms in total. The molecule has 0 atom stereocenters. The number of carbonyl (C=O) groups excluding carboxylic acids is 1. The number of carbonyl (C=O) groups is 1. The van der Waals surface area contributed by atoms with E-state index in [1.807, 2.05) is 30.3 Å². The first kappa shape index (κ1) is 21.2. The van der Waals surface area contributed by atoms with E-state index >= 15 is 0 Å². The third kappa shape index (κ3) is 3.95. The first-order valence-electron chi connectivity index (χ1n) is 9.92. The maximum Gasteiger partial charge on any atom is 0.333 e. The van der Waals surface area contributed by atoms with E-state index in [-0.39, 0.29) is 5.82 Å². The van der Waals surface area contributed by atoms with Gasteiger partial charge in [-0.1, -0.05) is 12.1 Å². The predicted octanol–water partition coefficient (Wildman–Crippen LogP) is 2.26. The maximum absolute atomic E-state index is 12.1. The van der Waals surface area contributed by atoms with Crippen LogP contribution >= 0.6 is 0 Å². The lowest BCUT2D eigenvalue weighted by Gasteiger charge is -2.21. The SMILES string of the molecule is COC(=O)C(C)(C)n1cc(-c2cnc(N)c(N(N)Cc3ccc4ncccc4c3)n2)cn1. The van der Waals surface area contributed by atoms with E-state index in [2.05, 4.69) is 20.1 Å². The Hall–Kier alpha value is -4.05. The summed E-state index contributed by atoms with van der Waals surface area (Å²) in [5.74, 6) is 6.45. The number of anilines is 2. The highest BCUT2D eigenvalue weighted by atomic mass is 16.5. The number of hydrogen-bond acceptors (Lipinski definition) is 9. The summed E-state index contributed by atoms with van der Waals surface area (Å²) in [6, 6.07) is 9.81. The van der Waals surface area contributed by atoms with Crippen LogP contribution in [-0.2, 0) is 21.6 Å². The molecule has 0 saturated carbocycles. The van der Waals surface area contributed by atoms with Gasteiger partial charge in [0.05, 0.1) is 37.3 Å². The number of fused-ring (bicyclic) bond motifs is 1. The molecule has 32 heavy (non-hydrogen) atoms. The smallest absolute Gasteiger partial charge is 0.333 e. The van der Waals surface area contributed by atoms with Gasteiger partial charge < -0.3 is 10.5 Å². The number of pyridine rings is 1. The molecular weight excluding hydrogens is 408 g/mol. The summed E-state index contributed by atoms with van der Waals surface area (Å²) in [5, 5.41) is 6.76. The molecule has 0 bridgehead atoms. The lowest BCUT2D eigenvalue weighted by Crippen LogP contribution is -2.37. The van der Waals surface area contributed by atoms with Crippen molar-refractivity contribution in [1.82, 2.24) is 24.7 Å². The third-order valence-electron chi connectivity index (χ3n) is 5.21. The highest BCUT2D eigenvalue weighted by Gasteiger charge is 2.32. The van der Waals surface area contributed by atoms with Gasteiger partial charge in [-0.25, -0.2) is 20.6 Å². The van der Waals surface area contributed by atoms with Crippen molar-refractivity contribution in [3.63, 3.8) is 0 Å². The van der Waals surface area contributed by atoms with E-state index in [1.54, 1.807) is 38.6 Å². The van der Waals surface area contributed by atoms with Crippen LogP contribution in [0.4, 0.5) is 11.6 Å². The average Bonchev–Trinajstić information content (AvgIpc) is 3.30. The number of hydrogen-bond donors (Lipinski definition) is 2. The quantitative estimate of drug-likeness (QED) is 0.267. The number of hydrazine groups is 1. The summed E-state index contributed by atoms with van der Waals surface area (Å²) >= 11 is 0. The minimum Gasteiger partial charge on any atom is -0.467 e. The van der Waals surface area contributed by atoms with Crippen LogP contribution in [0.15, 0.2) is 55.1 Å². The predicted molar refractivity (Wildman–Crippen MR) is 121 cm³/mol. The number of ether oxygens (including phenoxy) is 1. The van der Waals surface area contributed by atoms with E-state index in [9.17, 15) is 4.79 Å². The minimum absolute atomic E-state index is 0.209. The Morgan fingerprint density at radius 1 is 1.22 bits per heavy atom. The molecule has 0 amide bonds. The van der Waals surface area contributed by atoms with Gasteiger partial charge in [0.1, 0.15) is 0 Å². The van der Waals surface area contributed by atoms with Crippen molar-refractivity contribution in [3.05, 3.63) is 60.7 Å². The lowest BCUT2D eigenvalue weighted by atomic mass is 10.1. The molecule has 3 aromatic heterocycles. The van der Waals surface area contributed by atoms with E-state index in [0.717, 1.165) is 16.5 Å². The van der Waals surface area contributed by atoms with Crippen LogP contribution in [0.5, 0.6) is 0 Å². The summed E-state index contributed by atoms with van der Waals surface area (Å²) in [5.41, 5.74) is 8.17. The molecule has 4 aromatic rings. The fourth-order valence-electron chi connectivity index (χ4n) is 3.34. The molecule has 0 radical (unpaired) electrons. The fourth-order valence-corrected chi connectivity index (χ4v) is 3.34. The Morgan fingerprint density at radius 2 is 2.03 bits per heavy atom. The first-order chi connectivity index (χ1) is 15.3. The van der Waals surface area contributed by atoms with Crippen LogP contribution in [0.2, 0.25) is 0 Å².